The molecule has 0 radical (unpaired) electrons. The SMILES string of the molecule is O=c1ccc(-n2ccnc2)nn1CC1CCCN1c1nc2ccccc2[nH]1. The van der Waals surface area contributed by atoms with Crippen LogP contribution in [-0.2, 0) is 6.54 Å². The van der Waals surface area contributed by atoms with Crippen LogP contribution < -0.4 is 10.5 Å². The normalized spacial score (nSPS) is 17.0. The fraction of sp³-hybridized carbons (Fsp3) is 0.263. The van der Waals surface area contributed by atoms with Crippen LogP contribution in [0.25, 0.3) is 16.9 Å². The van der Waals surface area contributed by atoms with Crippen LogP contribution in [0, 0.1) is 0 Å². The highest BCUT2D eigenvalue weighted by Gasteiger charge is 2.28. The molecule has 1 aliphatic heterocycles. The molecular formula is C19H19N7O. The summed E-state index contributed by atoms with van der Waals surface area (Å²) >= 11 is 0. The van der Waals surface area contributed by atoms with Crippen LogP contribution in [0.1, 0.15) is 12.8 Å². The number of rotatable bonds is 4. The Bertz CT molecular complexity index is 1100. The van der Waals surface area contributed by atoms with Gasteiger partial charge in [0.15, 0.2) is 5.82 Å². The molecule has 1 N–H and O–H groups in total. The molecule has 0 aliphatic carbocycles. The zero-order valence-corrected chi connectivity index (χ0v) is 14.7. The topological polar surface area (TPSA) is 84.6 Å². The molecule has 4 aromatic rings. The second kappa shape index (κ2) is 6.39. The largest absolute Gasteiger partial charge is 0.338 e. The van der Waals surface area contributed by atoms with Gasteiger partial charge in [0.1, 0.15) is 6.33 Å². The summed E-state index contributed by atoms with van der Waals surface area (Å²) < 4.78 is 3.34. The lowest BCUT2D eigenvalue weighted by atomic mass is 10.2. The van der Waals surface area contributed by atoms with E-state index in [9.17, 15) is 4.79 Å². The van der Waals surface area contributed by atoms with E-state index in [1.54, 1.807) is 33.9 Å². The van der Waals surface area contributed by atoms with Crippen molar-refractivity contribution in [3.63, 3.8) is 0 Å². The minimum atomic E-state index is -0.102. The van der Waals surface area contributed by atoms with E-state index in [0.29, 0.717) is 12.4 Å². The number of aromatic nitrogens is 6. The van der Waals surface area contributed by atoms with Gasteiger partial charge in [0.2, 0.25) is 5.95 Å². The summed E-state index contributed by atoms with van der Waals surface area (Å²) in [7, 11) is 0. The molecule has 136 valence electrons. The van der Waals surface area contributed by atoms with E-state index in [1.807, 2.05) is 30.5 Å². The van der Waals surface area contributed by atoms with E-state index in [1.165, 1.54) is 0 Å². The standard InChI is InChI=1S/C19H19N7O/c27-18-8-7-17(24-11-9-20-13-24)23-26(18)12-14-4-3-10-25(14)19-21-15-5-1-2-6-16(15)22-19/h1-2,5-9,11,13-14H,3-4,10,12H2,(H,21,22). The second-order valence-electron chi connectivity index (χ2n) is 6.75. The van der Waals surface area contributed by atoms with Gasteiger partial charge in [0, 0.05) is 25.0 Å². The third-order valence-corrected chi connectivity index (χ3v) is 5.03. The highest BCUT2D eigenvalue weighted by atomic mass is 16.1. The first-order valence-electron chi connectivity index (χ1n) is 9.06. The number of imidazole rings is 2. The Balaban J connectivity index is 1.44. The number of para-hydroxylation sites is 2. The molecular weight excluding hydrogens is 342 g/mol. The molecule has 1 atom stereocenters. The minimum Gasteiger partial charge on any atom is -0.338 e. The lowest BCUT2D eigenvalue weighted by Gasteiger charge is -2.24. The summed E-state index contributed by atoms with van der Waals surface area (Å²) in [5.41, 5.74) is 1.88. The predicted molar refractivity (Wildman–Crippen MR) is 102 cm³/mol. The van der Waals surface area contributed by atoms with Crippen molar-refractivity contribution in [2.45, 2.75) is 25.4 Å². The maximum Gasteiger partial charge on any atom is 0.266 e. The van der Waals surface area contributed by atoms with Gasteiger partial charge >= 0.3 is 0 Å². The van der Waals surface area contributed by atoms with Crippen LogP contribution in [0.2, 0.25) is 0 Å². The molecule has 0 saturated carbocycles. The maximum atomic E-state index is 12.3. The summed E-state index contributed by atoms with van der Waals surface area (Å²) in [5, 5.41) is 4.52. The molecule has 27 heavy (non-hydrogen) atoms. The Morgan fingerprint density at radius 3 is 2.96 bits per heavy atom. The number of aromatic amines is 1. The second-order valence-corrected chi connectivity index (χ2v) is 6.75. The first kappa shape index (κ1) is 15.8. The van der Waals surface area contributed by atoms with E-state index in [2.05, 4.69) is 20.0 Å². The van der Waals surface area contributed by atoms with E-state index >= 15 is 0 Å². The molecule has 1 aliphatic rings. The summed E-state index contributed by atoms with van der Waals surface area (Å²) in [4.78, 5) is 26.7. The van der Waals surface area contributed by atoms with Crippen molar-refractivity contribution in [1.29, 1.82) is 0 Å². The van der Waals surface area contributed by atoms with Gasteiger partial charge in [-0.2, -0.15) is 5.10 Å². The number of hydrogen-bond donors (Lipinski definition) is 1. The van der Waals surface area contributed by atoms with Crippen LogP contribution in [0.5, 0.6) is 0 Å². The number of fused-ring (bicyclic) bond motifs is 1. The summed E-state index contributed by atoms with van der Waals surface area (Å²) in [6.07, 6.45) is 7.25. The first-order valence-corrected chi connectivity index (χ1v) is 9.06. The number of H-pyrrole nitrogens is 1. The van der Waals surface area contributed by atoms with Crippen molar-refractivity contribution in [2.75, 3.05) is 11.4 Å². The smallest absolute Gasteiger partial charge is 0.266 e. The van der Waals surface area contributed by atoms with Crippen molar-refractivity contribution in [3.8, 4) is 5.82 Å². The number of benzene rings is 1. The van der Waals surface area contributed by atoms with Crippen LogP contribution >= 0.6 is 0 Å². The Labute approximate surface area is 155 Å². The van der Waals surface area contributed by atoms with Gasteiger partial charge in [-0.05, 0) is 31.0 Å². The lowest BCUT2D eigenvalue weighted by molar-refractivity contribution is 0.483. The van der Waals surface area contributed by atoms with Gasteiger partial charge in [0.25, 0.3) is 5.56 Å². The zero-order chi connectivity index (χ0) is 18.2. The minimum absolute atomic E-state index is 0.102. The number of nitrogens with zero attached hydrogens (tertiary/aromatic N) is 6. The monoisotopic (exact) mass is 361 g/mol. The van der Waals surface area contributed by atoms with Gasteiger partial charge in [0.05, 0.1) is 23.6 Å². The Hall–Kier alpha value is -3.42. The molecule has 5 rings (SSSR count). The molecule has 1 fully saturated rings. The fourth-order valence-electron chi connectivity index (χ4n) is 3.68. The quantitative estimate of drug-likeness (QED) is 0.601. The number of nitrogens with one attached hydrogen (secondary N) is 1. The fourth-order valence-corrected chi connectivity index (χ4v) is 3.68. The Morgan fingerprint density at radius 2 is 2.11 bits per heavy atom. The van der Waals surface area contributed by atoms with Crippen molar-refractivity contribution in [3.05, 3.63) is 65.5 Å². The highest BCUT2D eigenvalue weighted by molar-refractivity contribution is 5.77. The molecule has 8 nitrogen and oxygen atoms in total. The van der Waals surface area contributed by atoms with Crippen LogP contribution in [-0.4, -0.2) is 41.9 Å². The predicted octanol–water partition coefficient (Wildman–Crippen LogP) is 1.97. The Morgan fingerprint density at radius 1 is 1.19 bits per heavy atom. The third-order valence-electron chi connectivity index (χ3n) is 5.03. The van der Waals surface area contributed by atoms with Crippen LogP contribution in [0.4, 0.5) is 5.95 Å². The molecule has 0 bridgehead atoms. The van der Waals surface area contributed by atoms with Crippen molar-refractivity contribution < 1.29 is 0 Å². The van der Waals surface area contributed by atoms with Gasteiger partial charge < -0.3 is 9.88 Å². The van der Waals surface area contributed by atoms with E-state index in [-0.39, 0.29) is 11.6 Å². The van der Waals surface area contributed by atoms with Crippen LogP contribution in [0.15, 0.2) is 59.9 Å². The molecule has 0 amide bonds. The highest BCUT2D eigenvalue weighted by Crippen LogP contribution is 2.26. The molecule has 1 unspecified atom stereocenters. The van der Waals surface area contributed by atoms with Crippen molar-refractivity contribution in [1.82, 2.24) is 29.3 Å². The van der Waals surface area contributed by atoms with E-state index < -0.39 is 0 Å². The molecule has 3 aromatic heterocycles. The summed E-state index contributed by atoms with van der Waals surface area (Å²) in [6.45, 7) is 1.44. The Kier molecular flexibility index (Phi) is 3.74. The molecule has 4 heterocycles. The van der Waals surface area contributed by atoms with Gasteiger partial charge in [-0.25, -0.2) is 14.6 Å². The van der Waals surface area contributed by atoms with E-state index in [0.717, 1.165) is 36.4 Å². The maximum absolute atomic E-state index is 12.3. The van der Waals surface area contributed by atoms with Crippen molar-refractivity contribution >= 4 is 17.0 Å². The molecule has 0 spiro atoms. The summed E-state index contributed by atoms with van der Waals surface area (Å²) in [5.74, 6) is 1.54. The lowest BCUT2D eigenvalue weighted by Crippen LogP contribution is -2.37. The van der Waals surface area contributed by atoms with Crippen molar-refractivity contribution in [2.24, 2.45) is 0 Å². The summed E-state index contributed by atoms with van der Waals surface area (Å²) in [6, 6.07) is 11.5. The molecule has 8 heteroatoms. The number of anilines is 1. The van der Waals surface area contributed by atoms with E-state index in [4.69, 9.17) is 4.98 Å². The average molecular weight is 361 g/mol. The van der Waals surface area contributed by atoms with Gasteiger partial charge in [-0.3, -0.25) is 9.36 Å². The molecule has 1 aromatic carbocycles. The third kappa shape index (κ3) is 2.88. The van der Waals surface area contributed by atoms with Gasteiger partial charge in [-0.1, -0.05) is 12.1 Å². The number of hydrogen-bond acceptors (Lipinski definition) is 5. The molecule has 1 saturated heterocycles. The average Bonchev–Trinajstić information content (AvgIpc) is 3.43. The zero-order valence-electron chi connectivity index (χ0n) is 14.7. The first-order chi connectivity index (χ1) is 13.3. The van der Waals surface area contributed by atoms with Crippen LogP contribution in [0.3, 0.4) is 0 Å². The van der Waals surface area contributed by atoms with Gasteiger partial charge in [-0.15, -0.1) is 0 Å².